The molecule has 0 bridgehead atoms. The van der Waals surface area contributed by atoms with E-state index in [2.05, 4.69) is 15.0 Å². The Morgan fingerprint density at radius 2 is 2.17 bits per heavy atom. The maximum absolute atomic E-state index is 11.9. The zero-order valence-corrected chi connectivity index (χ0v) is 11.0. The van der Waals surface area contributed by atoms with Gasteiger partial charge in [0.25, 0.3) is 5.56 Å². The SMILES string of the molecule is CC(C)c1c(O)nc(-c2ncc(Cl)n2C)[nH]c1=O. The number of halogens is 1. The summed E-state index contributed by atoms with van der Waals surface area (Å²) in [7, 11) is 1.69. The molecule has 2 aromatic heterocycles. The maximum atomic E-state index is 11.9. The van der Waals surface area contributed by atoms with Gasteiger partial charge in [0.2, 0.25) is 5.88 Å². The van der Waals surface area contributed by atoms with Crippen LogP contribution in [0.4, 0.5) is 0 Å². The third kappa shape index (κ3) is 1.99. The first-order valence-electron chi connectivity index (χ1n) is 5.42. The van der Waals surface area contributed by atoms with Gasteiger partial charge in [0.05, 0.1) is 11.8 Å². The van der Waals surface area contributed by atoms with Gasteiger partial charge in [-0.05, 0) is 5.92 Å². The van der Waals surface area contributed by atoms with E-state index in [4.69, 9.17) is 11.6 Å². The van der Waals surface area contributed by atoms with Gasteiger partial charge in [0, 0.05) is 7.05 Å². The molecule has 2 heterocycles. The Kier molecular flexibility index (Phi) is 3.13. The lowest BCUT2D eigenvalue weighted by Crippen LogP contribution is -2.17. The molecule has 0 atom stereocenters. The van der Waals surface area contributed by atoms with Crippen LogP contribution in [0.2, 0.25) is 5.15 Å². The summed E-state index contributed by atoms with van der Waals surface area (Å²) in [5.74, 6) is 0.196. The summed E-state index contributed by atoms with van der Waals surface area (Å²) in [5.41, 5.74) is -0.106. The van der Waals surface area contributed by atoms with Gasteiger partial charge < -0.3 is 14.7 Å². The first kappa shape index (κ1) is 12.6. The standard InChI is InChI=1S/C11H13ClN4O2/c1-5(2)7-10(17)14-8(15-11(7)18)9-13-4-6(12)16(9)3/h4-5H,1-3H3,(H2,14,15,17,18). The van der Waals surface area contributed by atoms with Crippen molar-refractivity contribution < 1.29 is 5.11 Å². The second-order valence-corrected chi connectivity index (χ2v) is 4.66. The molecule has 2 aromatic rings. The molecule has 0 saturated heterocycles. The predicted octanol–water partition coefficient (Wildman–Crippen LogP) is 1.65. The van der Waals surface area contributed by atoms with Crippen molar-refractivity contribution in [2.24, 2.45) is 7.05 Å². The van der Waals surface area contributed by atoms with Crippen LogP contribution in [0.25, 0.3) is 11.6 Å². The van der Waals surface area contributed by atoms with Crippen molar-refractivity contribution in [3.8, 4) is 17.5 Å². The molecule has 0 aromatic carbocycles. The highest BCUT2D eigenvalue weighted by molar-refractivity contribution is 6.29. The number of H-pyrrole nitrogens is 1. The van der Waals surface area contributed by atoms with E-state index in [1.807, 2.05) is 13.8 Å². The number of hydrogen-bond acceptors (Lipinski definition) is 4. The topological polar surface area (TPSA) is 83.8 Å². The van der Waals surface area contributed by atoms with Crippen molar-refractivity contribution >= 4 is 11.6 Å². The molecule has 2 N–H and O–H groups in total. The van der Waals surface area contributed by atoms with Crippen molar-refractivity contribution in [2.45, 2.75) is 19.8 Å². The molecular weight excluding hydrogens is 256 g/mol. The quantitative estimate of drug-likeness (QED) is 0.867. The van der Waals surface area contributed by atoms with Crippen LogP contribution in [-0.2, 0) is 7.05 Å². The Morgan fingerprint density at radius 3 is 2.61 bits per heavy atom. The van der Waals surface area contributed by atoms with Crippen molar-refractivity contribution in [3.05, 3.63) is 27.3 Å². The number of rotatable bonds is 2. The molecule has 0 aliphatic carbocycles. The molecule has 7 heteroatoms. The smallest absolute Gasteiger partial charge is 0.258 e. The summed E-state index contributed by atoms with van der Waals surface area (Å²) in [6.45, 7) is 3.62. The fraction of sp³-hybridized carbons (Fsp3) is 0.364. The van der Waals surface area contributed by atoms with E-state index in [1.54, 1.807) is 11.6 Å². The molecule has 6 nitrogen and oxygen atoms in total. The van der Waals surface area contributed by atoms with Crippen molar-refractivity contribution in [1.82, 2.24) is 19.5 Å². The molecule has 0 amide bonds. The van der Waals surface area contributed by atoms with E-state index < -0.39 is 0 Å². The van der Waals surface area contributed by atoms with Gasteiger partial charge in [-0.15, -0.1) is 0 Å². The third-order valence-corrected chi connectivity index (χ3v) is 3.01. The van der Waals surface area contributed by atoms with E-state index >= 15 is 0 Å². The Hall–Kier alpha value is -1.82. The fourth-order valence-corrected chi connectivity index (χ4v) is 1.83. The van der Waals surface area contributed by atoms with Crippen LogP contribution in [-0.4, -0.2) is 24.6 Å². The Morgan fingerprint density at radius 1 is 1.50 bits per heavy atom. The minimum atomic E-state index is -0.369. The van der Waals surface area contributed by atoms with E-state index in [-0.39, 0.29) is 28.7 Å². The molecular formula is C11H13ClN4O2. The normalized spacial score (nSPS) is 11.2. The summed E-state index contributed by atoms with van der Waals surface area (Å²) in [6.07, 6.45) is 1.45. The van der Waals surface area contributed by atoms with Crippen molar-refractivity contribution in [3.63, 3.8) is 0 Å². The molecule has 0 saturated carbocycles. The van der Waals surface area contributed by atoms with Crippen LogP contribution in [0.15, 0.2) is 11.0 Å². The van der Waals surface area contributed by atoms with Gasteiger partial charge in [0.15, 0.2) is 11.6 Å². The highest BCUT2D eigenvalue weighted by Gasteiger charge is 2.17. The molecule has 2 rings (SSSR count). The van der Waals surface area contributed by atoms with E-state index in [1.165, 1.54) is 6.20 Å². The summed E-state index contributed by atoms with van der Waals surface area (Å²) in [6, 6.07) is 0. The lowest BCUT2D eigenvalue weighted by Gasteiger charge is -2.08. The first-order valence-corrected chi connectivity index (χ1v) is 5.80. The zero-order valence-electron chi connectivity index (χ0n) is 10.2. The van der Waals surface area contributed by atoms with E-state index in [9.17, 15) is 9.90 Å². The number of aromatic nitrogens is 4. The van der Waals surface area contributed by atoms with Crippen LogP contribution in [0.5, 0.6) is 5.88 Å². The molecule has 0 unspecified atom stereocenters. The van der Waals surface area contributed by atoms with Crippen LogP contribution in [0.3, 0.4) is 0 Å². The number of nitrogens with one attached hydrogen (secondary N) is 1. The molecule has 0 radical (unpaired) electrons. The number of aromatic hydroxyl groups is 1. The van der Waals surface area contributed by atoms with Crippen molar-refractivity contribution in [1.29, 1.82) is 0 Å². The van der Waals surface area contributed by atoms with Gasteiger partial charge >= 0.3 is 0 Å². The van der Waals surface area contributed by atoms with Crippen molar-refractivity contribution in [2.75, 3.05) is 0 Å². The number of nitrogens with zero attached hydrogens (tertiary/aromatic N) is 3. The van der Waals surface area contributed by atoms with Crippen LogP contribution in [0.1, 0.15) is 25.3 Å². The van der Waals surface area contributed by atoms with Gasteiger partial charge in [-0.1, -0.05) is 25.4 Å². The van der Waals surface area contributed by atoms with Gasteiger partial charge in [0.1, 0.15) is 5.15 Å². The number of hydrogen-bond donors (Lipinski definition) is 2. The Labute approximate surface area is 108 Å². The van der Waals surface area contributed by atoms with E-state index in [0.29, 0.717) is 11.0 Å². The first-order chi connectivity index (χ1) is 8.41. The second-order valence-electron chi connectivity index (χ2n) is 4.27. The summed E-state index contributed by atoms with van der Waals surface area (Å²) in [5, 5.41) is 10.2. The monoisotopic (exact) mass is 268 g/mol. The predicted molar refractivity (Wildman–Crippen MR) is 67.8 cm³/mol. The molecule has 0 fully saturated rings. The lowest BCUT2D eigenvalue weighted by molar-refractivity contribution is 0.440. The molecule has 0 aliphatic heterocycles. The summed E-state index contributed by atoms with van der Waals surface area (Å²) in [4.78, 5) is 22.5. The van der Waals surface area contributed by atoms with Gasteiger partial charge in [-0.25, -0.2) is 4.98 Å². The average molecular weight is 269 g/mol. The Balaban J connectivity index is 2.62. The minimum Gasteiger partial charge on any atom is -0.493 e. The lowest BCUT2D eigenvalue weighted by atomic mass is 10.1. The highest BCUT2D eigenvalue weighted by Crippen LogP contribution is 2.22. The number of aromatic amines is 1. The summed E-state index contributed by atoms with van der Waals surface area (Å²) >= 11 is 5.86. The second kappa shape index (κ2) is 4.45. The van der Waals surface area contributed by atoms with Crippen LogP contribution >= 0.6 is 11.6 Å². The summed E-state index contributed by atoms with van der Waals surface area (Å²) < 4.78 is 1.56. The highest BCUT2D eigenvalue weighted by atomic mass is 35.5. The Bertz CT molecular complexity index is 645. The largest absolute Gasteiger partial charge is 0.493 e. The van der Waals surface area contributed by atoms with E-state index in [0.717, 1.165) is 0 Å². The molecule has 0 spiro atoms. The minimum absolute atomic E-state index is 0.111. The van der Waals surface area contributed by atoms with Gasteiger partial charge in [-0.2, -0.15) is 4.98 Å². The van der Waals surface area contributed by atoms with Crippen LogP contribution in [0, 0.1) is 0 Å². The average Bonchev–Trinajstić information content (AvgIpc) is 2.58. The molecule has 96 valence electrons. The number of imidazole rings is 1. The van der Waals surface area contributed by atoms with Crippen LogP contribution < -0.4 is 5.56 Å². The zero-order chi connectivity index (χ0) is 13.4. The molecule has 18 heavy (non-hydrogen) atoms. The maximum Gasteiger partial charge on any atom is 0.258 e. The fourth-order valence-electron chi connectivity index (χ4n) is 1.71. The molecule has 0 aliphatic rings. The third-order valence-electron chi connectivity index (χ3n) is 2.66. The van der Waals surface area contributed by atoms with Gasteiger partial charge in [-0.3, -0.25) is 4.79 Å².